The van der Waals surface area contributed by atoms with Crippen molar-refractivity contribution in [2.75, 3.05) is 7.05 Å². The van der Waals surface area contributed by atoms with Crippen molar-refractivity contribution < 1.29 is 5.11 Å². The van der Waals surface area contributed by atoms with Crippen LogP contribution in [0.15, 0.2) is 30.3 Å². The van der Waals surface area contributed by atoms with Crippen LogP contribution in [0.25, 0.3) is 0 Å². The van der Waals surface area contributed by atoms with E-state index in [0.29, 0.717) is 12.0 Å². The summed E-state index contributed by atoms with van der Waals surface area (Å²) in [7, 11) is 2.02. The first-order chi connectivity index (χ1) is 8.18. The minimum atomic E-state index is -0.235. The number of likely N-dealkylation sites (tertiary alicyclic amines) is 1. The molecular formula is C15H23NO. The van der Waals surface area contributed by atoms with Crippen molar-refractivity contribution in [1.29, 1.82) is 0 Å². The van der Waals surface area contributed by atoms with Crippen molar-refractivity contribution in [1.82, 2.24) is 4.90 Å². The molecule has 0 radical (unpaired) electrons. The Balaban J connectivity index is 1.76. The third kappa shape index (κ3) is 3.08. The summed E-state index contributed by atoms with van der Waals surface area (Å²) in [6.45, 7) is 2.19. The van der Waals surface area contributed by atoms with Gasteiger partial charge in [-0.1, -0.05) is 30.3 Å². The molecule has 1 aromatic carbocycles. The smallest absolute Gasteiger partial charge is 0.110 e. The van der Waals surface area contributed by atoms with Crippen molar-refractivity contribution in [3.63, 3.8) is 0 Å². The molecule has 1 N–H and O–H groups in total. The molecule has 0 saturated carbocycles. The highest BCUT2D eigenvalue weighted by atomic mass is 16.3. The fraction of sp³-hybridized carbons (Fsp3) is 0.600. The van der Waals surface area contributed by atoms with E-state index in [2.05, 4.69) is 42.2 Å². The number of hydrogen-bond donors (Lipinski definition) is 1. The van der Waals surface area contributed by atoms with E-state index >= 15 is 0 Å². The van der Waals surface area contributed by atoms with Gasteiger partial charge in [0, 0.05) is 6.04 Å². The second kappa shape index (κ2) is 5.65. The van der Waals surface area contributed by atoms with Gasteiger partial charge in [0.1, 0.15) is 6.23 Å². The number of benzene rings is 1. The number of nitrogens with zero attached hydrogens (tertiary/aromatic N) is 1. The monoisotopic (exact) mass is 233 g/mol. The lowest BCUT2D eigenvalue weighted by Crippen LogP contribution is -2.32. The maximum absolute atomic E-state index is 10.1. The summed E-state index contributed by atoms with van der Waals surface area (Å²) in [4.78, 5) is 2.09. The van der Waals surface area contributed by atoms with Gasteiger partial charge < -0.3 is 5.11 Å². The Morgan fingerprint density at radius 1 is 1.29 bits per heavy atom. The minimum absolute atomic E-state index is 0.235. The predicted octanol–water partition coefficient (Wildman–Crippen LogP) is 2.67. The maximum Gasteiger partial charge on any atom is 0.110 e. The molecule has 0 amide bonds. The first-order valence-corrected chi connectivity index (χ1v) is 6.62. The van der Waals surface area contributed by atoms with Crippen LogP contribution < -0.4 is 0 Å². The van der Waals surface area contributed by atoms with E-state index in [9.17, 15) is 5.11 Å². The molecule has 0 aromatic heterocycles. The van der Waals surface area contributed by atoms with Crippen LogP contribution in [0.1, 0.15) is 31.7 Å². The molecule has 1 aromatic rings. The van der Waals surface area contributed by atoms with Crippen LogP contribution in [0.5, 0.6) is 0 Å². The lowest BCUT2D eigenvalue weighted by Gasteiger charge is -2.20. The van der Waals surface area contributed by atoms with Gasteiger partial charge in [0.15, 0.2) is 0 Å². The highest BCUT2D eigenvalue weighted by Crippen LogP contribution is 2.30. The fourth-order valence-electron chi connectivity index (χ4n) is 2.80. The number of aryl methyl sites for hydroxylation is 1. The molecule has 94 valence electrons. The zero-order valence-electron chi connectivity index (χ0n) is 10.8. The molecule has 3 unspecified atom stereocenters. The van der Waals surface area contributed by atoms with Gasteiger partial charge in [0.25, 0.3) is 0 Å². The highest BCUT2D eigenvalue weighted by molar-refractivity contribution is 5.14. The average molecular weight is 233 g/mol. The molecule has 17 heavy (non-hydrogen) atoms. The molecule has 1 fully saturated rings. The van der Waals surface area contributed by atoms with Gasteiger partial charge in [-0.2, -0.15) is 0 Å². The lowest BCUT2D eigenvalue weighted by molar-refractivity contribution is 0.0102. The van der Waals surface area contributed by atoms with E-state index in [1.54, 1.807) is 0 Å². The van der Waals surface area contributed by atoms with E-state index in [-0.39, 0.29) is 6.23 Å². The van der Waals surface area contributed by atoms with Crippen LogP contribution in [0.4, 0.5) is 0 Å². The van der Waals surface area contributed by atoms with Crippen molar-refractivity contribution >= 4 is 0 Å². The molecule has 0 bridgehead atoms. The van der Waals surface area contributed by atoms with Crippen LogP contribution in [-0.4, -0.2) is 29.3 Å². The molecule has 3 atom stereocenters. The van der Waals surface area contributed by atoms with Gasteiger partial charge in [-0.25, -0.2) is 0 Å². The Morgan fingerprint density at radius 2 is 2.00 bits per heavy atom. The van der Waals surface area contributed by atoms with Gasteiger partial charge in [-0.15, -0.1) is 0 Å². The van der Waals surface area contributed by atoms with Gasteiger partial charge in [-0.3, -0.25) is 4.90 Å². The number of hydrogen-bond acceptors (Lipinski definition) is 2. The van der Waals surface area contributed by atoms with Crippen LogP contribution in [0, 0.1) is 5.92 Å². The quantitative estimate of drug-likeness (QED) is 0.864. The first-order valence-electron chi connectivity index (χ1n) is 6.62. The van der Waals surface area contributed by atoms with Crippen molar-refractivity contribution in [2.45, 2.75) is 44.9 Å². The molecule has 1 heterocycles. The van der Waals surface area contributed by atoms with Crippen LogP contribution in [0.2, 0.25) is 0 Å². The zero-order valence-corrected chi connectivity index (χ0v) is 10.8. The zero-order chi connectivity index (χ0) is 12.3. The standard InChI is InChI=1S/C15H23NO/c1-12-11-14(15(17)16(12)2)10-6-9-13-7-4-3-5-8-13/h3-5,7-8,12,14-15,17H,6,9-11H2,1-2H3. The second-order valence-corrected chi connectivity index (χ2v) is 5.30. The molecule has 0 aliphatic carbocycles. The summed E-state index contributed by atoms with van der Waals surface area (Å²) in [5, 5.41) is 10.1. The van der Waals surface area contributed by atoms with Crippen LogP contribution >= 0.6 is 0 Å². The maximum atomic E-state index is 10.1. The summed E-state index contributed by atoms with van der Waals surface area (Å²) < 4.78 is 0. The third-order valence-electron chi connectivity index (χ3n) is 4.06. The summed E-state index contributed by atoms with van der Waals surface area (Å²) in [6.07, 6.45) is 4.33. The Kier molecular flexibility index (Phi) is 4.19. The first kappa shape index (κ1) is 12.6. The molecule has 2 nitrogen and oxygen atoms in total. The minimum Gasteiger partial charge on any atom is -0.378 e. The topological polar surface area (TPSA) is 23.5 Å². The largest absolute Gasteiger partial charge is 0.378 e. The molecule has 1 saturated heterocycles. The van der Waals surface area contributed by atoms with Gasteiger partial charge in [0.05, 0.1) is 0 Å². The summed E-state index contributed by atoms with van der Waals surface area (Å²) in [5.41, 5.74) is 1.40. The molecule has 2 heteroatoms. The molecule has 1 aliphatic rings. The van der Waals surface area contributed by atoms with Crippen molar-refractivity contribution in [2.24, 2.45) is 5.92 Å². The van der Waals surface area contributed by atoms with Crippen LogP contribution in [0.3, 0.4) is 0 Å². The predicted molar refractivity (Wildman–Crippen MR) is 70.7 cm³/mol. The number of aliphatic hydroxyl groups excluding tert-OH is 1. The van der Waals surface area contributed by atoms with E-state index in [1.165, 1.54) is 12.0 Å². The Labute approximate surface area is 104 Å². The van der Waals surface area contributed by atoms with E-state index in [0.717, 1.165) is 19.3 Å². The highest BCUT2D eigenvalue weighted by Gasteiger charge is 2.34. The van der Waals surface area contributed by atoms with E-state index in [4.69, 9.17) is 0 Å². The normalized spacial score (nSPS) is 29.7. The third-order valence-corrected chi connectivity index (χ3v) is 4.06. The molecule has 1 aliphatic heterocycles. The van der Waals surface area contributed by atoms with Gasteiger partial charge in [-0.05, 0) is 51.1 Å². The summed E-state index contributed by atoms with van der Waals surface area (Å²) >= 11 is 0. The Bertz CT molecular complexity index is 338. The fourth-order valence-corrected chi connectivity index (χ4v) is 2.80. The van der Waals surface area contributed by atoms with E-state index in [1.807, 2.05) is 7.05 Å². The van der Waals surface area contributed by atoms with Crippen molar-refractivity contribution in [3.05, 3.63) is 35.9 Å². The van der Waals surface area contributed by atoms with Gasteiger partial charge in [0.2, 0.25) is 0 Å². The molecule has 0 spiro atoms. The summed E-state index contributed by atoms with van der Waals surface area (Å²) in [6, 6.07) is 11.1. The number of aliphatic hydroxyl groups is 1. The van der Waals surface area contributed by atoms with Gasteiger partial charge >= 0.3 is 0 Å². The molecule has 2 rings (SSSR count). The summed E-state index contributed by atoms with van der Waals surface area (Å²) in [5.74, 6) is 0.457. The Hall–Kier alpha value is -0.860. The average Bonchev–Trinajstić information content (AvgIpc) is 2.59. The Morgan fingerprint density at radius 3 is 2.59 bits per heavy atom. The second-order valence-electron chi connectivity index (χ2n) is 5.30. The lowest BCUT2D eigenvalue weighted by atomic mass is 9.96. The van der Waals surface area contributed by atoms with Crippen LogP contribution in [-0.2, 0) is 6.42 Å². The number of rotatable bonds is 4. The van der Waals surface area contributed by atoms with E-state index < -0.39 is 0 Å². The SMILES string of the molecule is CC1CC(CCCc2ccccc2)C(O)N1C. The van der Waals surface area contributed by atoms with Crippen molar-refractivity contribution in [3.8, 4) is 0 Å². The molecular weight excluding hydrogens is 210 g/mol.